The Kier molecular flexibility index (Phi) is 9.03. The van der Waals surface area contributed by atoms with Crippen LogP contribution in [0, 0.1) is 5.92 Å². The molecule has 0 saturated heterocycles. The third kappa shape index (κ3) is 6.93. The Morgan fingerprint density at radius 2 is 1.80 bits per heavy atom. The molecule has 2 aliphatic heterocycles. The Labute approximate surface area is 206 Å². The fourth-order valence-corrected chi connectivity index (χ4v) is 4.08. The van der Waals surface area contributed by atoms with Crippen LogP contribution in [0.5, 0.6) is 5.75 Å². The first-order chi connectivity index (χ1) is 16.8. The van der Waals surface area contributed by atoms with Crippen molar-refractivity contribution in [3.63, 3.8) is 0 Å². The van der Waals surface area contributed by atoms with Gasteiger partial charge in [0.15, 0.2) is 6.10 Å². The van der Waals surface area contributed by atoms with E-state index in [-0.39, 0.29) is 24.3 Å². The Hall–Kier alpha value is -3.65. The van der Waals surface area contributed by atoms with Gasteiger partial charge in [-0.15, -0.1) is 0 Å². The smallest absolute Gasteiger partial charge is 0.247 e. The minimum Gasteiger partial charge on any atom is -0.483 e. The Balaban J connectivity index is 2.03. The zero-order valence-corrected chi connectivity index (χ0v) is 20.7. The number of rotatable bonds is 6. The zero-order chi connectivity index (χ0) is 25.4. The molecule has 2 aliphatic rings. The fraction of sp³-hybridized carbons (Fsp3) is 0.370. The molecule has 8 nitrogen and oxygen atoms in total. The van der Waals surface area contributed by atoms with Gasteiger partial charge in [-0.2, -0.15) is 0 Å². The highest BCUT2D eigenvalue weighted by Gasteiger charge is 2.36. The van der Waals surface area contributed by atoms with Crippen molar-refractivity contribution in [2.45, 2.75) is 38.5 Å². The number of nitrogens with one attached hydrogen (secondary N) is 3. The van der Waals surface area contributed by atoms with Crippen molar-refractivity contribution in [3.8, 4) is 5.75 Å². The van der Waals surface area contributed by atoms with Crippen molar-refractivity contribution in [2.24, 2.45) is 5.92 Å². The van der Waals surface area contributed by atoms with Crippen molar-refractivity contribution < 1.29 is 19.1 Å². The lowest BCUT2D eigenvalue weighted by molar-refractivity contribution is -0.135. The van der Waals surface area contributed by atoms with Crippen molar-refractivity contribution in [1.29, 1.82) is 0 Å². The summed E-state index contributed by atoms with van der Waals surface area (Å²) in [6.07, 6.45) is 3.25. The SMILES string of the molecule is CCC(C)C(C(=O)NC1C(=O)NCC(=O)N/C=C/c2ccc(cc2)OC1c1ccccc1)N(C)C. The second-order valence-electron chi connectivity index (χ2n) is 8.92. The number of ether oxygens (including phenoxy) is 1. The summed E-state index contributed by atoms with van der Waals surface area (Å²) in [6.45, 7) is 3.79. The summed E-state index contributed by atoms with van der Waals surface area (Å²) < 4.78 is 6.32. The highest BCUT2D eigenvalue weighted by molar-refractivity contribution is 5.92. The summed E-state index contributed by atoms with van der Waals surface area (Å²) >= 11 is 0. The van der Waals surface area contributed by atoms with Crippen molar-refractivity contribution in [2.75, 3.05) is 20.6 Å². The van der Waals surface area contributed by atoms with E-state index < -0.39 is 24.1 Å². The van der Waals surface area contributed by atoms with Gasteiger partial charge in [-0.25, -0.2) is 0 Å². The Morgan fingerprint density at radius 1 is 1.11 bits per heavy atom. The monoisotopic (exact) mass is 478 g/mol. The van der Waals surface area contributed by atoms with Crippen LogP contribution in [0.1, 0.15) is 37.5 Å². The van der Waals surface area contributed by atoms with Crippen LogP contribution in [-0.2, 0) is 14.4 Å². The molecule has 4 unspecified atom stereocenters. The largest absolute Gasteiger partial charge is 0.483 e. The van der Waals surface area contributed by atoms with Crippen LogP contribution >= 0.6 is 0 Å². The van der Waals surface area contributed by atoms with Crippen LogP contribution in [0.4, 0.5) is 0 Å². The van der Waals surface area contributed by atoms with Crippen LogP contribution in [0.2, 0.25) is 0 Å². The minimum absolute atomic E-state index is 0.0628. The van der Waals surface area contributed by atoms with E-state index >= 15 is 0 Å². The fourth-order valence-electron chi connectivity index (χ4n) is 4.08. The summed E-state index contributed by atoms with van der Waals surface area (Å²) in [4.78, 5) is 41.0. The molecule has 0 saturated carbocycles. The minimum atomic E-state index is -1.08. The van der Waals surface area contributed by atoms with Gasteiger partial charge in [-0.3, -0.25) is 19.3 Å². The molecule has 4 atom stereocenters. The molecule has 0 aliphatic carbocycles. The number of benzene rings is 2. The average Bonchev–Trinajstić information content (AvgIpc) is 2.85. The van der Waals surface area contributed by atoms with E-state index in [1.807, 2.05) is 75.3 Å². The highest BCUT2D eigenvalue weighted by Crippen LogP contribution is 2.27. The van der Waals surface area contributed by atoms with Crippen LogP contribution in [-0.4, -0.2) is 55.3 Å². The van der Waals surface area contributed by atoms with Crippen LogP contribution in [0.3, 0.4) is 0 Å². The number of hydrogen-bond acceptors (Lipinski definition) is 5. The molecule has 35 heavy (non-hydrogen) atoms. The maximum Gasteiger partial charge on any atom is 0.247 e. The van der Waals surface area contributed by atoms with E-state index in [1.165, 1.54) is 6.20 Å². The number of nitrogens with zero attached hydrogens (tertiary/aromatic N) is 1. The summed E-state index contributed by atoms with van der Waals surface area (Å²) in [5.41, 5.74) is 1.60. The number of hydrogen-bond donors (Lipinski definition) is 3. The number of carbonyl (C=O) groups is 3. The van der Waals surface area contributed by atoms with Gasteiger partial charge in [-0.05, 0) is 49.3 Å². The van der Waals surface area contributed by atoms with Gasteiger partial charge in [0.25, 0.3) is 0 Å². The first-order valence-electron chi connectivity index (χ1n) is 11.8. The predicted octanol–water partition coefficient (Wildman–Crippen LogP) is 2.48. The molecule has 2 bridgehead atoms. The molecule has 2 aromatic carbocycles. The highest BCUT2D eigenvalue weighted by atomic mass is 16.5. The molecular weight excluding hydrogens is 444 g/mol. The molecule has 0 radical (unpaired) electrons. The molecule has 3 N–H and O–H groups in total. The van der Waals surface area contributed by atoms with Gasteiger partial charge in [0.1, 0.15) is 11.8 Å². The molecule has 0 spiro atoms. The number of likely N-dealkylation sites (N-methyl/N-ethyl adjacent to an activating group) is 1. The molecule has 186 valence electrons. The second kappa shape index (κ2) is 12.2. The third-order valence-corrected chi connectivity index (χ3v) is 6.11. The van der Waals surface area contributed by atoms with Gasteiger partial charge in [-0.1, -0.05) is 62.7 Å². The lowest BCUT2D eigenvalue weighted by Crippen LogP contribution is -2.57. The first-order valence-corrected chi connectivity index (χ1v) is 11.8. The second-order valence-corrected chi connectivity index (χ2v) is 8.92. The number of fused-ring (bicyclic) bond motifs is 10. The summed E-state index contributed by atoms with van der Waals surface area (Å²) in [6, 6.07) is 15.0. The predicted molar refractivity (Wildman–Crippen MR) is 135 cm³/mol. The molecule has 2 aromatic rings. The van der Waals surface area contributed by atoms with Crippen molar-refractivity contribution in [3.05, 3.63) is 71.9 Å². The number of carbonyl (C=O) groups excluding carboxylic acids is 3. The zero-order valence-electron chi connectivity index (χ0n) is 20.7. The quantitative estimate of drug-likeness (QED) is 0.592. The molecule has 0 fully saturated rings. The summed E-state index contributed by atoms with van der Waals surface area (Å²) in [5, 5.41) is 8.23. The molecule has 2 heterocycles. The van der Waals surface area contributed by atoms with Crippen LogP contribution in [0.25, 0.3) is 6.08 Å². The molecule has 3 amide bonds. The lowest BCUT2D eigenvalue weighted by Gasteiger charge is -2.33. The Morgan fingerprint density at radius 3 is 2.43 bits per heavy atom. The Bertz CT molecular complexity index is 1040. The van der Waals surface area contributed by atoms with Gasteiger partial charge in [0, 0.05) is 6.20 Å². The third-order valence-electron chi connectivity index (χ3n) is 6.11. The topological polar surface area (TPSA) is 99.8 Å². The van der Waals surface area contributed by atoms with Crippen molar-refractivity contribution >= 4 is 23.8 Å². The molecular formula is C27H34N4O4. The average molecular weight is 479 g/mol. The lowest BCUT2D eigenvalue weighted by atomic mass is 9.95. The van der Waals surface area contributed by atoms with E-state index in [0.29, 0.717) is 5.75 Å². The summed E-state index contributed by atoms with van der Waals surface area (Å²) in [7, 11) is 3.68. The molecule has 8 heteroatoms. The van der Waals surface area contributed by atoms with Gasteiger partial charge < -0.3 is 20.7 Å². The van der Waals surface area contributed by atoms with Crippen molar-refractivity contribution in [1.82, 2.24) is 20.9 Å². The maximum atomic E-state index is 13.5. The van der Waals surface area contributed by atoms with Gasteiger partial charge in [0.2, 0.25) is 17.7 Å². The van der Waals surface area contributed by atoms with E-state index in [1.54, 1.807) is 18.2 Å². The van der Waals surface area contributed by atoms with Gasteiger partial charge >= 0.3 is 0 Å². The van der Waals surface area contributed by atoms with Gasteiger partial charge in [0.05, 0.1) is 12.6 Å². The van der Waals surface area contributed by atoms with E-state index in [9.17, 15) is 14.4 Å². The van der Waals surface area contributed by atoms with E-state index in [4.69, 9.17) is 4.74 Å². The standard InChI is InChI=1S/C27H34N4O4/c1-5-18(2)24(31(3)4)27(34)30-23-25(20-9-7-6-8-10-20)35-21-13-11-19(12-14-21)15-16-28-22(32)17-29-26(23)33/h6-16,18,23-25H,5,17H2,1-4H3,(H,28,32)(H,29,33)(H,30,34)/b16-15+. The first kappa shape index (κ1) is 26.0. The normalized spacial score (nSPS) is 21.2. The maximum absolute atomic E-state index is 13.5. The summed E-state index contributed by atoms with van der Waals surface area (Å²) in [5.74, 6) is -0.557. The van der Waals surface area contributed by atoms with E-state index in [0.717, 1.165) is 17.5 Å². The van der Waals surface area contributed by atoms with Crippen LogP contribution < -0.4 is 20.7 Å². The van der Waals surface area contributed by atoms with E-state index in [2.05, 4.69) is 16.0 Å². The molecule has 0 aromatic heterocycles. The number of amides is 3. The molecule has 4 rings (SSSR count). The van der Waals surface area contributed by atoms with Crippen LogP contribution in [0.15, 0.2) is 60.8 Å².